The van der Waals surface area contributed by atoms with E-state index in [1.807, 2.05) is 0 Å². The van der Waals surface area contributed by atoms with Crippen molar-refractivity contribution in [1.82, 2.24) is 16.0 Å². The molecule has 25 heavy (non-hydrogen) atoms. The number of hydrogen-bond donors (Lipinski definition) is 3. The molecule has 0 aromatic heterocycles. The zero-order valence-electron chi connectivity index (χ0n) is 15.8. The summed E-state index contributed by atoms with van der Waals surface area (Å²) < 4.78 is 5.04. The molecule has 144 valence electrons. The zero-order valence-corrected chi connectivity index (χ0v) is 15.8. The molecule has 0 bridgehead atoms. The second kappa shape index (κ2) is 10.9. The van der Waals surface area contributed by atoms with Crippen LogP contribution in [-0.2, 0) is 14.3 Å². The van der Waals surface area contributed by atoms with Gasteiger partial charge < -0.3 is 20.7 Å². The number of amides is 3. The first-order chi connectivity index (χ1) is 11.8. The molecule has 0 aromatic rings. The van der Waals surface area contributed by atoms with Crippen molar-refractivity contribution in [2.75, 3.05) is 19.6 Å². The molecule has 1 saturated carbocycles. The lowest BCUT2D eigenvalue weighted by Crippen LogP contribution is -2.40. The van der Waals surface area contributed by atoms with Gasteiger partial charge in [0.05, 0.1) is 6.54 Å². The van der Waals surface area contributed by atoms with E-state index in [-0.39, 0.29) is 18.4 Å². The van der Waals surface area contributed by atoms with E-state index < -0.39 is 11.7 Å². The van der Waals surface area contributed by atoms with Crippen LogP contribution in [-0.4, -0.2) is 43.1 Å². The van der Waals surface area contributed by atoms with Crippen molar-refractivity contribution >= 4 is 17.9 Å². The van der Waals surface area contributed by atoms with E-state index in [1.165, 1.54) is 19.3 Å². The standard InChI is InChI=1S/C18H33N3O4/c1-18(2,3)25-17(24)21-13-16(23)20-11-7-10-19-15(22)12-14-8-5-4-6-9-14/h14H,4-13H2,1-3H3,(H,19,22)(H,20,23)(H,21,24). The second-order valence-corrected chi connectivity index (χ2v) is 7.62. The van der Waals surface area contributed by atoms with Gasteiger partial charge in [-0.15, -0.1) is 0 Å². The van der Waals surface area contributed by atoms with Gasteiger partial charge in [-0.05, 0) is 46.0 Å². The minimum absolute atomic E-state index is 0.102. The molecule has 3 N–H and O–H groups in total. The van der Waals surface area contributed by atoms with Crippen LogP contribution in [0.5, 0.6) is 0 Å². The summed E-state index contributed by atoms with van der Waals surface area (Å²) in [6.07, 6.45) is 6.75. The van der Waals surface area contributed by atoms with Gasteiger partial charge in [-0.3, -0.25) is 9.59 Å². The Bertz CT molecular complexity index is 440. The third kappa shape index (κ3) is 11.4. The molecule has 0 aromatic carbocycles. The van der Waals surface area contributed by atoms with E-state index >= 15 is 0 Å². The van der Waals surface area contributed by atoms with Gasteiger partial charge in [0.25, 0.3) is 0 Å². The van der Waals surface area contributed by atoms with E-state index in [4.69, 9.17) is 4.74 Å². The Morgan fingerprint density at radius 1 is 0.920 bits per heavy atom. The molecule has 1 fully saturated rings. The first-order valence-electron chi connectivity index (χ1n) is 9.26. The molecule has 0 atom stereocenters. The topological polar surface area (TPSA) is 96.5 Å². The van der Waals surface area contributed by atoms with Crippen molar-refractivity contribution < 1.29 is 19.1 Å². The number of ether oxygens (including phenoxy) is 1. The van der Waals surface area contributed by atoms with Crippen LogP contribution in [0.2, 0.25) is 0 Å². The number of rotatable bonds is 8. The molecule has 7 nitrogen and oxygen atoms in total. The molecule has 1 aliphatic rings. The Kier molecular flexibility index (Phi) is 9.31. The van der Waals surface area contributed by atoms with Crippen molar-refractivity contribution in [1.29, 1.82) is 0 Å². The van der Waals surface area contributed by atoms with Gasteiger partial charge in [-0.25, -0.2) is 4.79 Å². The number of alkyl carbamates (subject to hydrolysis) is 1. The van der Waals surface area contributed by atoms with Crippen LogP contribution in [0.1, 0.15) is 65.7 Å². The van der Waals surface area contributed by atoms with Crippen LogP contribution in [0.25, 0.3) is 0 Å². The Morgan fingerprint density at radius 3 is 2.12 bits per heavy atom. The zero-order chi connectivity index (χ0) is 18.7. The van der Waals surface area contributed by atoms with Crippen LogP contribution in [0.15, 0.2) is 0 Å². The van der Waals surface area contributed by atoms with Gasteiger partial charge >= 0.3 is 6.09 Å². The SMILES string of the molecule is CC(C)(C)OC(=O)NCC(=O)NCCCNC(=O)CC1CCCCC1. The number of carbonyl (C=O) groups is 3. The molecule has 0 saturated heterocycles. The first-order valence-corrected chi connectivity index (χ1v) is 9.26. The maximum absolute atomic E-state index is 11.8. The predicted octanol–water partition coefficient (Wildman–Crippen LogP) is 2.10. The van der Waals surface area contributed by atoms with Gasteiger partial charge in [0, 0.05) is 19.5 Å². The lowest BCUT2D eigenvalue weighted by molar-refractivity contribution is -0.122. The minimum Gasteiger partial charge on any atom is -0.444 e. The normalized spacial score (nSPS) is 15.3. The lowest BCUT2D eigenvalue weighted by Gasteiger charge is -2.20. The number of hydrogen-bond acceptors (Lipinski definition) is 4. The Hall–Kier alpha value is -1.79. The van der Waals surface area contributed by atoms with Crippen molar-refractivity contribution in [3.05, 3.63) is 0 Å². The van der Waals surface area contributed by atoms with Crippen molar-refractivity contribution in [2.45, 2.75) is 71.3 Å². The smallest absolute Gasteiger partial charge is 0.408 e. The summed E-state index contributed by atoms with van der Waals surface area (Å²) in [5.41, 5.74) is -0.587. The fourth-order valence-corrected chi connectivity index (χ4v) is 2.80. The van der Waals surface area contributed by atoms with E-state index in [2.05, 4.69) is 16.0 Å². The molecule has 0 aliphatic heterocycles. The average molecular weight is 355 g/mol. The van der Waals surface area contributed by atoms with Crippen LogP contribution >= 0.6 is 0 Å². The molecule has 0 heterocycles. The second-order valence-electron chi connectivity index (χ2n) is 7.62. The van der Waals surface area contributed by atoms with E-state index in [9.17, 15) is 14.4 Å². The molecule has 1 rings (SSSR count). The summed E-state index contributed by atoms with van der Waals surface area (Å²) in [6, 6.07) is 0. The molecule has 0 spiro atoms. The van der Waals surface area contributed by atoms with Crippen LogP contribution in [0.4, 0.5) is 4.79 Å². The highest BCUT2D eigenvalue weighted by Gasteiger charge is 2.17. The summed E-state index contributed by atoms with van der Waals surface area (Å²) in [5.74, 6) is 0.358. The van der Waals surface area contributed by atoms with Gasteiger partial charge in [0.2, 0.25) is 11.8 Å². The van der Waals surface area contributed by atoms with Crippen LogP contribution in [0, 0.1) is 5.92 Å². The summed E-state index contributed by atoms with van der Waals surface area (Å²) >= 11 is 0. The molecular weight excluding hydrogens is 322 g/mol. The maximum Gasteiger partial charge on any atom is 0.408 e. The van der Waals surface area contributed by atoms with Crippen molar-refractivity contribution in [2.24, 2.45) is 5.92 Å². The number of nitrogens with one attached hydrogen (secondary N) is 3. The number of carbonyl (C=O) groups excluding carboxylic acids is 3. The maximum atomic E-state index is 11.8. The first kappa shape index (κ1) is 21.3. The average Bonchev–Trinajstić information content (AvgIpc) is 2.52. The van der Waals surface area contributed by atoms with Crippen molar-refractivity contribution in [3.63, 3.8) is 0 Å². The van der Waals surface area contributed by atoms with E-state index in [0.29, 0.717) is 31.8 Å². The largest absolute Gasteiger partial charge is 0.444 e. The predicted molar refractivity (Wildman–Crippen MR) is 96.1 cm³/mol. The van der Waals surface area contributed by atoms with Crippen LogP contribution in [0.3, 0.4) is 0 Å². The molecule has 0 radical (unpaired) electrons. The fraction of sp³-hybridized carbons (Fsp3) is 0.833. The molecular formula is C18H33N3O4. The molecule has 1 aliphatic carbocycles. The Morgan fingerprint density at radius 2 is 1.52 bits per heavy atom. The van der Waals surface area contributed by atoms with Gasteiger partial charge in [0.15, 0.2) is 0 Å². The monoisotopic (exact) mass is 355 g/mol. The third-order valence-electron chi connectivity index (χ3n) is 3.99. The van der Waals surface area contributed by atoms with Crippen LogP contribution < -0.4 is 16.0 Å². The van der Waals surface area contributed by atoms with Gasteiger partial charge in [-0.1, -0.05) is 19.3 Å². The molecule has 3 amide bonds. The van der Waals surface area contributed by atoms with E-state index in [1.54, 1.807) is 20.8 Å². The highest BCUT2D eigenvalue weighted by Crippen LogP contribution is 2.25. The van der Waals surface area contributed by atoms with Gasteiger partial charge in [-0.2, -0.15) is 0 Å². The lowest BCUT2D eigenvalue weighted by atomic mass is 9.87. The quantitative estimate of drug-likeness (QED) is 0.581. The third-order valence-corrected chi connectivity index (χ3v) is 3.99. The highest BCUT2D eigenvalue weighted by molar-refractivity contribution is 5.82. The van der Waals surface area contributed by atoms with Crippen molar-refractivity contribution in [3.8, 4) is 0 Å². The molecule has 0 unspecified atom stereocenters. The Labute approximate surface area is 150 Å². The van der Waals surface area contributed by atoms with E-state index in [0.717, 1.165) is 12.8 Å². The minimum atomic E-state index is -0.613. The molecule has 7 heteroatoms. The van der Waals surface area contributed by atoms with Gasteiger partial charge in [0.1, 0.15) is 5.60 Å². The summed E-state index contributed by atoms with van der Waals surface area (Å²) in [7, 11) is 0. The summed E-state index contributed by atoms with van der Waals surface area (Å²) in [6.45, 7) is 6.16. The summed E-state index contributed by atoms with van der Waals surface area (Å²) in [4.78, 5) is 34.9. The highest BCUT2D eigenvalue weighted by atomic mass is 16.6. The summed E-state index contributed by atoms with van der Waals surface area (Å²) in [5, 5.41) is 8.00. The fourth-order valence-electron chi connectivity index (χ4n) is 2.80. The Balaban J connectivity index is 2.00.